The van der Waals surface area contributed by atoms with Crippen molar-refractivity contribution in [1.82, 2.24) is 25.3 Å². The Balaban J connectivity index is 0.00000420. The van der Waals surface area contributed by atoms with Gasteiger partial charge in [-0.15, -0.1) is 24.0 Å². The number of halogens is 2. The molecule has 0 saturated carbocycles. The summed E-state index contributed by atoms with van der Waals surface area (Å²) in [7, 11) is 1.85. The summed E-state index contributed by atoms with van der Waals surface area (Å²) in [6, 6.07) is 7.48. The van der Waals surface area contributed by atoms with Crippen LogP contribution in [0, 0.1) is 0 Å². The summed E-state index contributed by atoms with van der Waals surface area (Å²) in [5.74, 6) is 0.627. The quantitative estimate of drug-likeness (QED) is 0.340. The lowest BCUT2D eigenvalue weighted by molar-refractivity contribution is -0.122. The van der Waals surface area contributed by atoms with Crippen molar-refractivity contribution < 1.29 is 4.79 Å². The van der Waals surface area contributed by atoms with Gasteiger partial charge >= 0.3 is 0 Å². The largest absolute Gasteiger partial charge is 0.357 e. The Morgan fingerprint density at radius 3 is 2.52 bits per heavy atom. The molecule has 29 heavy (non-hydrogen) atoms. The van der Waals surface area contributed by atoms with Gasteiger partial charge < -0.3 is 15.5 Å². The molecular formula is C20H30ClIN6O. The van der Waals surface area contributed by atoms with Crippen LogP contribution in [0.5, 0.6) is 0 Å². The Labute approximate surface area is 194 Å². The van der Waals surface area contributed by atoms with E-state index >= 15 is 0 Å². The van der Waals surface area contributed by atoms with Crippen molar-refractivity contribution in [1.29, 1.82) is 0 Å². The first-order valence-corrected chi connectivity index (χ1v) is 9.65. The zero-order chi connectivity index (χ0) is 20.7. The standard InChI is InChI=1S/C20H29ClN6O.HI/c1-6-22-19(26(5)14-18(28)25-20(2,3)4)23-11-15-12-24-27(13-15)17-9-7-16(21)8-10-17;/h7-10,12-13H,6,11,14H2,1-5H3,(H,22,23)(H,25,28);1H. The van der Waals surface area contributed by atoms with E-state index in [0.29, 0.717) is 24.1 Å². The van der Waals surface area contributed by atoms with Gasteiger partial charge in [-0.2, -0.15) is 5.10 Å². The first kappa shape index (κ1) is 25.2. The summed E-state index contributed by atoms with van der Waals surface area (Å²) in [6.07, 6.45) is 3.72. The molecular weight excluding hydrogens is 503 g/mol. The molecule has 0 bridgehead atoms. The number of guanidine groups is 1. The average molecular weight is 533 g/mol. The molecule has 1 heterocycles. The minimum atomic E-state index is -0.260. The van der Waals surface area contributed by atoms with Crippen LogP contribution in [-0.2, 0) is 11.3 Å². The van der Waals surface area contributed by atoms with Gasteiger partial charge in [0.2, 0.25) is 5.91 Å². The number of aromatic nitrogens is 2. The smallest absolute Gasteiger partial charge is 0.240 e. The maximum absolute atomic E-state index is 12.2. The Morgan fingerprint density at radius 2 is 1.93 bits per heavy atom. The molecule has 0 fully saturated rings. The summed E-state index contributed by atoms with van der Waals surface area (Å²) < 4.78 is 1.79. The van der Waals surface area contributed by atoms with Gasteiger partial charge in [0.25, 0.3) is 0 Å². The predicted octanol–water partition coefficient (Wildman–Crippen LogP) is 3.46. The Hall–Kier alpha value is -1.81. The maximum atomic E-state index is 12.2. The molecule has 0 atom stereocenters. The van der Waals surface area contributed by atoms with E-state index in [1.165, 1.54) is 0 Å². The van der Waals surface area contributed by atoms with Gasteiger partial charge in [0.15, 0.2) is 5.96 Å². The second-order valence-corrected chi connectivity index (χ2v) is 8.03. The first-order chi connectivity index (χ1) is 13.2. The minimum Gasteiger partial charge on any atom is -0.357 e. The zero-order valence-corrected chi connectivity index (χ0v) is 20.7. The van der Waals surface area contributed by atoms with E-state index in [4.69, 9.17) is 11.6 Å². The molecule has 0 saturated heterocycles. The highest BCUT2D eigenvalue weighted by atomic mass is 127. The van der Waals surface area contributed by atoms with Gasteiger partial charge in [-0.1, -0.05) is 11.6 Å². The van der Waals surface area contributed by atoms with Crippen LogP contribution in [0.1, 0.15) is 33.3 Å². The third kappa shape index (κ3) is 8.61. The summed E-state index contributed by atoms with van der Waals surface area (Å²) in [5.41, 5.74) is 1.64. The van der Waals surface area contributed by atoms with Crippen LogP contribution in [0.2, 0.25) is 5.02 Å². The lowest BCUT2D eigenvalue weighted by atomic mass is 10.1. The first-order valence-electron chi connectivity index (χ1n) is 9.28. The topological polar surface area (TPSA) is 74.5 Å². The number of nitrogens with one attached hydrogen (secondary N) is 2. The normalized spacial score (nSPS) is 11.6. The third-order valence-corrected chi connectivity index (χ3v) is 3.98. The SMILES string of the molecule is CCNC(=NCc1cnn(-c2ccc(Cl)cc2)c1)N(C)CC(=O)NC(C)(C)C.I. The van der Waals surface area contributed by atoms with Gasteiger partial charge in [0.1, 0.15) is 0 Å². The van der Waals surface area contributed by atoms with E-state index < -0.39 is 0 Å². The fraction of sp³-hybridized carbons (Fsp3) is 0.450. The molecule has 9 heteroatoms. The van der Waals surface area contributed by atoms with Crippen molar-refractivity contribution in [2.45, 2.75) is 39.8 Å². The van der Waals surface area contributed by atoms with Crippen molar-refractivity contribution >= 4 is 47.4 Å². The fourth-order valence-electron chi connectivity index (χ4n) is 2.56. The number of likely N-dealkylation sites (N-methyl/N-ethyl adjacent to an activating group) is 1. The van der Waals surface area contributed by atoms with Crippen molar-refractivity contribution in [3.05, 3.63) is 47.2 Å². The second-order valence-electron chi connectivity index (χ2n) is 7.59. The summed E-state index contributed by atoms with van der Waals surface area (Å²) in [4.78, 5) is 18.6. The Morgan fingerprint density at radius 1 is 1.28 bits per heavy atom. The van der Waals surface area contributed by atoms with Gasteiger partial charge in [0, 0.05) is 35.9 Å². The molecule has 2 aromatic rings. The van der Waals surface area contributed by atoms with E-state index in [0.717, 1.165) is 11.3 Å². The number of aliphatic imine (C=N–C) groups is 1. The van der Waals surface area contributed by atoms with Gasteiger partial charge in [0.05, 0.1) is 25.0 Å². The Kier molecular flexibility index (Phi) is 9.91. The number of carbonyl (C=O) groups is 1. The van der Waals surface area contributed by atoms with E-state index in [1.54, 1.807) is 10.9 Å². The van der Waals surface area contributed by atoms with Crippen molar-refractivity contribution in [3.8, 4) is 5.69 Å². The molecule has 2 N–H and O–H groups in total. The van der Waals surface area contributed by atoms with Crippen molar-refractivity contribution in [2.75, 3.05) is 20.1 Å². The molecule has 0 unspecified atom stereocenters. The fourth-order valence-corrected chi connectivity index (χ4v) is 2.69. The highest BCUT2D eigenvalue weighted by Gasteiger charge is 2.16. The van der Waals surface area contributed by atoms with E-state index in [2.05, 4.69) is 20.7 Å². The minimum absolute atomic E-state index is 0. The van der Waals surface area contributed by atoms with Crippen LogP contribution in [0.15, 0.2) is 41.7 Å². The number of nitrogens with zero attached hydrogens (tertiary/aromatic N) is 4. The monoisotopic (exact) mass is 532 g/mol. The van der Waals surface area contributed by atoms with Crippen molar-refractivity contribution in [2.24, 2.45) is 4.99 Å². The predicted molar refractivity (Wildman–Crippen MR) is 129 cm³/mol. The van der Waals surface area contributed by atoms with Crippen molar-refractivity contribution in [3.63, 3.8) is 0 Å². The number of benzene rings is 1. The van der Waals surface area contributed by atoms with Gasteiger partial charge in [-0.25, -0.2) is 9.67 Å². The van der Waals surface area contributed by atoms with E-state index in [-0.39, 0.29) is 42.0 Å². The number of carbonyl (C=O) groups excluding carboxylic acids is 1. The summed E-state index contributed by atoms with van der Waals surface area (Å²) >= 11 is 5.93. The van der Waals surface area contributed by atoms with E-state index in [1.807, 2.05) is 70.1 Å². The zero-order valence-electron chi connectivity index (χ0n) is 17.6. The molecule has 0 aliphatic carbocycles. The molecule has 160 valence electrons. The van der Waals surface area contributed by atoms with Crippen LogP contribution in [-0.4, -0.2) is 52.2 Å². The second kappa shape index (κ2) is 11.4. The number of amides is 1. The summed E-state index contributed by atoms with van der Waals surface area (Å²) in [6.45, 7) is 9.28. The molecule has 0 aliphatic rings. The van der Waals surface area contributed by atoms with Gasteiger partial charge in [-0.3, -0.25) is 4.79 Å². The molecule has 1 aromatic heterocycles. The molecule has 1 aromatic carbocycles. The van der Waals surface area contributed by atoms with Gasteiger partial charge in [-0.05, 0) is 52.0 Å². The Bertz CT molecular complexity index is 813. The van der Waals surface area contributed by atoms with E-state index in [9.17, 15) is 4.79 Å². The number of rotatable bonds is 6. The molecule has 0 radical (unpaired) electrons. The number of hydrogen-bond acceptors (Lipinski definition) is 3. The lowest BCUT2D eigenvalue weighted by Crippen LogP contribution is -2.48. The molecule has 1 amide bonds. The molecule has 2 rings (SSSR count). The molecule has 0 spiro atoms. The highest BCUT2D eigenvalue weighted by Crippen LogP contribution is 2.13. The maximum Gasteiger partial charge on any atom is 0.240 e. The third-order valence-electron chi connectivity index (χ3n) is 3.73. The molecule has 7 nitrogen and oxygen atoms in total. The van der Waals surface area contributed by atoms with Crippen LogP contribution in [0.3, 0.4) is 0 Å². The summed E-state index contributed by atoms with van der Waals surface area (Å²) in [5, 5.41) is 11.2. The molecule has 0 aliphatic heterocycles. The number of hydrogen-bond donors (Lipinski definition) is 2. The average Bonchev–Trinajstić information content (AvgIpc) is 3.06. The van der Waals surface area contributed by atoms with Crippen LogP contribution in [0.4, 0.5) is 0 Å². The van der Waals surface area contributed by atoms with Crippen LogP contribution in [0.25, 0.3) is 5.69 Å². The lowest BCUT2D eigenvalue weighted by Gasteiger charge is -2.25. The van der Waals surface area contributed by atoms with Crippen LogP contribution < -0.4 is 10.6 Å². The highest BCUT2D eigenvalue weighted by molar-refractivity contribution is 14.0. The van der Waals surface area contributed by atoms with Crippen LogP contribution >= 0.6 is 35.6 Å².